The van der Waals surface area contributed by atoms with E-state index in [1.807, 2.05) is 38.2 Å². The van der Waals surface area contributed by atoms with E-state index in [1.54, 1.807) is 0 Å². The van der Waals surface area contributed by atoms with Gasteiger partial charge in [-0.3, -0.25) is 0 Å². The van der Waals surface area contributed by atoms with Crippen molar-refractivity contribution < 1.29 is 9.53 Å². The number of alkyl halides is 1. The van der Waals surface area contributed by atoms with Crippen molar-refractivity contribution in [2.45, 2.75) is 47.0 Å². The molecule has 0 saturated heterocycles. The minimum Gasteiger partial charge on any atom is -0.466 e. The normalized spacial score (nSPS) is 15.1. The first-order valence-electron chi connectivity index (χ1n) is 8.98. The Labute approximate surface area is 164 Å². The molecule has 0 aromatic carbocycles. The third-order valence-corrected chi connectivity index (χ3v) is 4.20. The minimum atomic E-state index is -0.409. The van der Waals surface area contributed by atoms with Crippen LogP contribution in [0.15, 0.2) is 58.7 Å². The number of hydrogen-bond donors (Lipinski definition) is 0. The number of hydrogen-bond acceptors (Lipinski definition) is 2. The second-order valence-electron chi connectivity index (χ2n) is 5.77. The summed E-state index contributed by atoms with van der Waals surface area (Å²) in [4.78, 5) is 12.3. The fourth-order valence-corrected chi connectivity index (χ4v) is 3.01. The predicted molar refractivity (Wildman–Crippen MR) is 113 cm³/mol. The Bertz CT molecular complexity index is 640. The molecule has 142 valence electrons. The summed E-state index contributed by atoms with van der Waals surface area (Å²) in [6, 6.07) is 0. The number of carbonyl (C=O) groups is 1. The predicted octanol–water partition coefficient (Wildman–Crippen LogP) is 6.16. The van der Waals surface area contributed by atoms with Gasteiger partial charge in [-0.1, -0.05) is 50.3 Å². The molecule has 1 atom stereocenters. The van der Waals surface area contributed by atoms with Gasteiger partial charge in [0.1, 0.15) is 0 Å². The molecule has 0 bridgehead atoms. The van der Waals surface area contributed by atoms with Crippen molar-refractivity contribution in [3.63, 3.8) is 0 Å². The van der Waals surface area contributed by atoms with Crippen molar-refractivity contribution in [2.75, 3.05) is 13.0 Å². The van der Waals surface area contributed by atoms with Crippen LogP contribution >= 0.6 is 11.6 Å². The van der Waals surface area contributed by atoms with Crippen LogP contribution in [0.4, 0.5) is 0 Å². The van der Waals surface area contributed by atoms with Crippen LogP contribution in [0.1, 0.15) is 47.0 Å². The molecule has 1 unspecified atom stereocenters. The maximum absolute atomic E-state index is 12.3. The van der Waals surface area contributed by atoms with E-state index in [9.17, 15) is 4.79 Å². The molecule has 0 saturated carbocycles. The van der Waals surface area contributed by atoms with Gasteiger partial charge in [0.25, 0.3) is 0 Å². The van der Waals surface area contributed by atoms with Crippen LogP contribution in [0, 0.1) is 18.3 Å². The molecule has 2 nitrogen and oxygen atoms in total. The molecule has 0 aliphatic heterocycles. The van der Waals surface area contributed by atoms with Crippen LogP contribution in [0.2, 0.25) is 0 Å². The monoisotopic (exact) mass is 374 g/mol. The smallest absolute Gasteiger partial charge is 0.335 e. The molecule has 0 aromatic heterocycles. The minimum absolute atomic E-state index is 0.0805. The van der Waals surface area contributed by atoms with Gasteiger partial charge in [0.2, 0.25) is 0 Å². The van der Waals surface area contributed by atoms with Crippen molar-refractivity contribution in [1.82, 2.24) is 0 Å². The highest BCUT2D eigenvalue weighted by molar-refractivity contribution is 6.22. The Morgan fingerprint density at radius 2 is 1.96 bits per heavy atom. The largest absolute Gasteiger partial charge is 0.466 e. The second kappa shape index (κ2) is 14.2. The van der Waals surface area contributed by atoms with E-state index in [0.717, 1.165) is 23.1 Å². The number of allylic oxidation sites excluding steroid dienone is 9. The molecule has 0 spiro atoms. The number of terminal acetylenes is 1. The van der Waals surface area contributed by atoms with Crippen LogP contribution in [-0.4, -0.2) is 19.0 Å². The van der Waals surface area contributed by atoms with E-state index in [-0.39, 0.29) is 11.8 Å². The third-order valence-electron chi connectivity index (χ3n) is 3.94. The SMILES string of the molecule is C#CCCC(/C(=C/C=C\C)C(=CCC)C(C)/C=C\C)=C(\CCl)C(=O)OC. The molecule has 0 rings (SSSR count). The summed E-state index contributed by atoms with van der Waals surface area (Å²) in [6.45, 7) is 8.20. The molecular weight excluding hydrogens is 344 g/mol. The first-order chi connectivity index (χ1) is 12.5. The number of halogens is 1. The molecule has 0 radical (unpaired) electrons. The van der Waals surface area contributed by atoms with Crippen molar-refractivity contribution in [1.29, 1.82) is 0 Å². The Balaban J connectivity index is 6.66. The van der Waals surface area contributed by atoms with Crippen LogP contribution in [0.25, 0.3) is 0 Å². The van der Waals surface area contributed by atoms with Crippen LogP contribution in [-0.2, 0) is 9.53 Å². The standard InChI is InChI=1S/C23H31ClO2/c1-7-11-15-20(19(14-10-4)18(5)13-9-3)21(16-12-8-2)22(17-24)23(25)26-6/h2,7,9,11,13-15,18H,10,12,16-17H2,1,3-6H3/b11-7-,13-9-,19-14?,20-15+,22-21-. The van der Waals surface area contributed by atoms with Gasteiger partial charge in [0.05, 0.1) is 18.6 Å². The molecule has 3 heteroatoms. The zero-order valence-corrected chi connectivity index (χ0v) is 17.4. The first kappa shape index (κ1) is 24.0. The van der Waals surface area contributed by atoms with Crippen LogP contribution in [0.3, 0.4) is 0 Å². The van der Waals surface area contributed by atoms with Gasteiger partial charge in [-0.05, 0) is 49.3 Å². The van der Waals surface area contributed by atoms with Crippen molar-refractivity contribution in [3.8, 4) is 12.3 Å². The summed E-state index contributed by atoms with van der Waals surface area (Å²) in [6.07, 6.45) is 19.8. The average Bonchev–Trinajstić information content (AvgIpc) is 2.64. The molecule has 0 aliphatic carbocycles. The molecule has 0 fully saturated rings. The molecule has 0 heterocycles. The zero-order valence-electron chi connectivity index (χ0n) is 16.6. The van der Waals surface area contributed by atoms with Crippen molar-refractivity contribution in [3.05, 3.63) is 58.7 Å². The molecule has 0 aromatic rings. The zero-order chi connectivity index (χ0) is 19.9. The van der Waals surface area contributed by atoms with E-state index in [0.29, 0.717) is 18.4 Å². The van der Waals surface area contributed by atoms with Gasteiger partial charge < -0.3 is 4.74 Å². The Morgan fingerprint density at radius 3 is 2.42 bits per heavy atom. The first-order valence-corrected chi connectivity index (χ1v) is 9.51. The van der Waals surface area contributed by atoms with E-state index in [1.165, 1.54) is 7.11 Å². The van der Waals surface area contributed by atoms with E-state index >= 15 is 0 Å². The number of carbonyl (C=O) groups excluding carboxylic acids is 1. The van der Waals surface area contributed by atoms with Crippen molar-refractivity contribution in [2.24, 2.45) is 5.92 Å². The van der Waals surface area contributed by atoms with Gasteiger partial charge in [0.15, 0.2) is 0 Å². The number of methoxy groups -OCH3 is 1. The summed E-state index contributed by atoms with van der Waals surface area (Å²) >= 11 is 6.13. The molecule has 0 aliphatic rings. The number of rotatable bonds is 10. The topological polar surface area (TPSA) is 26.3 Å². The Kier molecular flexibility index (Phi) is 13.1. The summed E-state index contributed by atoms with van der Waals surface area (Å²) in [5.41, 5.74) is 3.47. The van der Waals surface area contributed by atoms with E-state index in [4.69, 9.17) is 22.8 Å². The van der Waals surface area contributed by atoms with Gasteiger partial charge in [-0.2, -0.15) is 0 Å². The summed E-state index contributed by atoms with van der Waals surface area (Å²) in [7, 11) is 1.37. The van der Waals surface area contributed by atoms with Crippen LogP contribution < -0.4 is 0 Å². The molecule has 0 amide bonds. The molecular formula is C23H31ClO2. The lowest BCUT2D eigenvalue weighted by Gasteiger charge is -2.21. The summed E-state index contributed by atoms with van der Waals surface area (Å²) in [5.74, 6) is 2.53. The highest BCUT2D eigenvalue weighted by Gasteiger charge is 2.21. The summed E-state index contributed by atoms with van der Waals surface area (Å²) < 4.78 is 4.95. The molecule has 26 heavy (non-hydrogen) atoms. The highest BCUT2D eigenvalue weighted by atomic mass is 35.5. The summed E-state index contributed by atoms with van der Waals surface area (Å²) in [5, 5.41) is 0. The van der Waals surface area contributed by atoms with Crippen molar-refractivity contribution >= 4 is 17.6 Å². The third kappa shape index (κ3) is 7.50. The van der Waals surface area contributed by atoms with Gasteiger partial charge in [0, 0.05) is 6.42 Å². The lowest BCUT2D eigenvalue weighted by molar-refractivity contribution is -0.136. The van der Waals surface area contributed by atoms with Gasteiger partial charge in [-0.15, -0.1) is 23.9 Å². The quantitative estimate of drug-likeness (QED) is 0.114. The lowest BCUT2D eigenvalue weighted by atomic mass is 9.84. The van der Waals surface area contributed by atoms with Gasteiger partial charge >= 0.3 is 5.97 Å². The maximum atomic E-state index is 12.3. The van der Waals surface area contributed by atoms with E-state index in [2.05, 4.69) is 31.9 Å². The number of esters is 1. The second-order valence-corrected chi connectivity index (χ2v) is 6.04. The Morgan fingerprint density at radius 1 is 1.27 bits per heavy atom. The van der Waals surface area contributed by atoms with E-state index < -0.39 is 5.97 Å². The highest BCUT2D eigenvalue weighted by Crippen LogP contribution is 2.33. The molecule has 0 N–H and O–H groups in total. The fraction of sp³-hybridized carbons (Fsp3) is 0.435. The Hall–Kier alpha value is -1.98. The maximum Gasteiger partial charge on any atom is 0.335 e. The fourth-order valence-electron chi connectivity index (χ4n) is 2.74. The average molecular weight is 375 g/mol. The lowest BCUT2D eigenvalue weighted by Crippen LogP contribution is -2.13. The van der Waals surface area contributed by atoms with Crippen LogP contribution in [0.5, 0.6) is 0 Å². The van der Waals surface area contributed by atoms with Gasteiger partial charge in [-0.25, -0.2) is 4.79 Å². The number of ether oxygens (including phenoxy) is 1.